The summed E-state index contributed by atoms with van der Waals surface area (Å²) in [6, 6.07) is 1.61. The van der Waals surface area contributed by atoms with Crippen LogP contribution in [-0.4, -0.2) is 57.1 Å². The van der Waals surface area contributed by atoms with Crippen molar-refractivity contribution in [2.45, 2.75) is 83.5 Å². The molecule has 0 spiro atoms. The van der Waals surface area contributed by atoms with Crippen molar-refractivity contribution in [1.29, 1.82) is 0 Å². The summed E-state index contributed by atoms with van der Waals surface area (Å²) in [6.07, 6.45) is -0.770. The molecule has 1 heterocycles. The Hall–Kier alpha value is -2.79. The number of ketones is 1. The molecular formula is C29H34Cl2F3N3O5. The van der Waals surface area contributed by atoms with Gasteiger partial charge in [0.15, 0.2) is 11.5 Å². The zero-order valence-electron chi connectivity index (χ0n) is 23.6. The second kappa shape index (κ2) is 12.4. The number of methoxy groups -OCH3 is 1. The van der Waals surface area contributed by atoms with Gasteiger partial charge in [0.05, 0.1) is 53.0 Å². The highest BCUT2D eigenvalue weighted by molar-refractivity contribution is 6.40. The summed E-state index contributed by atoms with van der Waals surface area (Å²) < 4.78 is 49.5. The van der Waals surface area contributed by atoms with Crippen LogP contribution in [0.15, 0.2) is 18.3 Å². The van der Waals surface area contributed by atoms with Crippen molar-refractivity contribution >= 4 is 40.9 Å². The molecule has 1 aromatic carbocycles. The molecule has 0 bridgehead atoms. The summed E-state index contributed by atoms with van der Waals surface area (Å²) >= 11 is 12.7. The number of hydrogen-bond acceptors (Lipinski definition) is 5. The highest BCUT2D eigenvalue weighted by Crippen LogP contribution is 2.41. The van der Waals surface area contributed by atoms with Gasteiger partial charge in [0.1, 0.15) is 5.75 Å². The third-order valence-corrected chi connectivity index (χ3v) is 9.14. The predicted octanol–water partition coefficient (Wildman–Crippen LogP) is 7.33. The first-order valence-corrected chi connectivity index (χ1v) is 14.6. The number of nitrogens with zero attached hydrogens (tertiary/aromatic N) is 3. The summed E-state index contributed by atoms with van der Waals surface area (Å²) in [7, 11) is 1.41. The van der Waals surface area contributed by atoms with Crippen molar-refractivity contribution in [2.24, 2.45) is 11.3 Å². The Labute approximate surface area is 252 Å². The Morgan fingerprint density at radius 1 is 1.07 bits per heavy atom. The van der Waals surface area contributed by atoms with Gasteiger partial charge >= 0.3 is 12.1 Å². The number of halogens is 5. The van der Waals surface area contributed by atoms with E-state index in [4.69, 9.17) is 27.9 Å². The molecule has 13 heteroatoms. The van der Waals surface area contributed by atoms with E-state index in [1.807, 2.05) is 0 Å². The maximum Gasteiger partial charge on any atom is 0.433 e. The number of Topliss-reactive ketones (excluding diaryl/α,β-unsaturated/α-hetero) is 1. The normalized spacial score (nSPS) is 21.1. The van der Waals surface area contributed by atoms with E-state index in [1.165, 1.54) is 24.1 Å². The highest BCUT2D eigenvalue weighted by atomic mass is 35.5. The molecule has 0 aliphatic heterocycles. The van der Waals surface area contributed by atoms with Gasteiger partial charge in [-0.1, -0.05) is 37.0 Å². The maximum atomic E-state index is 14.5. The van der Waals surface area contributed by atoms with Gasteiger partial charge in [-0.3, -0.25) is 19.1 Å². The van der Waals surface area contributed by atoms with Crippen LogP contribution < -0.4 is 4.74 Å². The minimum Gasteiger partial charge on any atom is -0.497 e. The second-order valence-electron chi connectivity index (χ2n) is 11.9. The van der Waals surface area contributed by atoms with E-state index in [2.05, 4.69) is 18.9 Å². The van der Waals surface area contributed by atoms with Crippen LogP contribution in [0.25, 0.3) is 0 Å². The topological polar surface area (TPSA) is 102 Å². The van der Waals surface area contributed by atoms with Crippen LogP contribution in [0.5, 0.6) is 5.75 Å². The van der Waals surface area contributed by atoms with E-state index in [-0.39, 0.29) is 46.7 Å². The minimum atomic E-state index is -4.92. The van der Waals surface area contributed by atoms with Crippen molar-refractivity contribution in [1.82, 2.24) is 14.7 Å². The third kappa shape index (κ3) is 6.88. The fourth-order valence-electron chi connectivity index (χ4n) is 6.03. The van der Waals surface area contributed by atoms with E-state index < -0.39 is 59.6 Å². The number of ether oxygens (including phenoxy) is 1. The first kappa shape index (κ1) is 32.1. The number of carboxylic acids is 1. The Kier molecular flexibility index (Phi) is 9.52. The summed E-state index contributed by atoms with van der Waals surface area (Å²) in [5.74, 6) is -2.84. The molecule has 2 aromatic rings. The summed E-state index contributed by atoms with van der Waals surface area (Å²) in [4.78, 5) is 40.1. The van der Waals surface area contributed by atoms with E-state index in [0.717, 1.165) is 23.7 Å². The lowest BCUT2D eigenvalue weighted by atomic mass is 9.75. The lowest BCUT2D eigenvalue weighted by Gasteiger charge is -2.40. The molecule has 1 aromatic heterocycles. The molecule has 8 nitrogen and oxygen atoms in total. The van der Waals surface area contributed by atoms with Gasteiger partial charge in [0, 0.05) is 6.04 Å². The average molecular weight is 633 g/mol. The monoisotopic (exact) mass is 631 g/mol. The molecule has 42 heavy (non-hydrogen) atoms. The maximum absolute atomic E-state index is 14.5. The van der Waals surface area contributed by atoms with Crippen molar-refractivity contribution in [2.75, 3.05) is 13.7 Å². The van der Waals surface area contributed by atoms with Gasteiger partial charge in [0.25, 0.3) is 5.91 Å². The number of benzene rings is 1. The fraction of sp³-hybridized carbons (Fsp3) is 0.586. The van der Waals surface area contributed by atoms with Gasteiger partial charge in [-0.15, -0.1) is 0 Å². The van der Waals surface area contributed by atoms with Gasteiger partial charge in [0.2, 0.25) is 0 Å². The number of carbonyl (C=O) groups is 3. The average Bonchev–Trinajstić information content (AvgIpc) is 3.37. The molecule has 4 rings (SSSR count). The summed E-state index contributed by atoms with van der Waals surface area (Å²) in [6.45, 7) is 3.65. The first-order valence-electron chi connectivity index (χ1n) is 13.9. The molecule has 2 aliphatic carbocycles. The number of amides is 1. The molecule has 1 amide bonds. The predicted molar refractivity (Wildman–Crippen MR) is 150 cm³/mol. The molecule has 2 saturated carbocycles. The van der Waals surface area contributed by atoms with Crippen molar-refractivity contribution in [3.63, 3.8) is 0 Å². The van der Waals surface area contributed by atoms with Crippen molar-refractivity contribution in [3.05, 3.63) is 45.2 Å². The van der Waals surface area contributed by atoms with Crippen molar-refractivity contribution in [3.8, 4) is 5.75 Å². The smallest absolute Gasteiger partial charge is 0.433 e. The standard InChI is InChI=1S/C29H34Cl2F3N3O5/c1-28(2)10-8-17(9-11-28)36(15-23(38)24-21(30)12-19(42-3)13-22(24)31)26(39)20-14-35-37(25(20)29(32,33)34)18-6-4-16(5-7-18)27(40)41/h12-14,16-18H,4-11,15H2,1-3H3,(H,40,41). The van der Waals surface area contributed by atoms with Gasteiger partial charge in [-0.25, -0.2) is 0 Å². The third-order valence-electron chi connectivity index (χ3n) is 8.54. The minimum absolute atomic E-state index is 0.00212. The molecule has 230 valence electrons. The Bertz CT molecular complexity index is 1320. The van der Waals surface area contributed by atoms with Crippen LogP contribution >= 0.6 is 23.2 Å². The van der Waals surface area contributed by atoms with E-state index in [9.17, 15) is 32.7 Å². The fourth-order valence-corrected chi connectivity index (χ4v) is 6.71. The number of hydrogen-bond donors (Lipinski definition) is 1. The molecule has 0 unspecified atom stereocenters. The molecule has 2 aliphatic rings. The zero-order valence-corrected chi connectivity index (χ0v) is 25.2. The van der Waals surface area contributed by atoms with Crippen LogP contribution in [-0.2, 0) is 11.0 Å². The number of alkyl halides is 3. The zero-order chi connectivity index (χ0) is 31.0. The summed E-state index contributed by atoms with van der Waals surface area (Å²) in [5, 5.41) is 13.3. The number of aromatic nitrogens is 2. The molecule has 0 saturated heterocycles. The number of carbonyl (C=O) groups excluding carboxylic acids is 2. The van der Waals surface area contributed by atoms with Crippen LogP contribution in [0.1, 0.15) is 97.7 Å². The van der Waals surface area contributed by atoms with Gasteiger partial charge in [-0.05, 0) is 68.9 Å². The van der Waals surface area contributed by atoms with Gasteiger partial charge < -0.3 is 14.7 Å². The van der Waals surface area contributed by atoms with Crippen LogP contribution in [0.2, 0.25) is 10.0 Å². The second-order valence-corrected chi connectivity index (χ2v) is 12.7. The molecule has 0 atom stereocenters. The highest BCUT2D eigenvalue weighted by Gasteiger charge is 2.44. The van der Waals surface area contributed by atoms with Crippen molar-refractivity contribution < 1.29 is 37.4 Å². The molecule has 1 N–H and O–H groups in total. The lowest BCUT2D eigenvalue weighted by Crippen LogP contribution is -2.46. The Balaban J connectivity index is 1.70. The van der Waals surface area contributed by atoms with Crippen LogP contribution in [0.3, 0.4) is 0 Å². The quantitative estimate of drug-likeness (QED) is 0.306. The molecular weight excluding hydrogens is 598 g/mol. The van der Waals surface area contributed by atoms with Gasteiger partial charge in [-0.2, -0.15) is 18.3 Å². The van der Waals surface area contributed by atoms with E-state index in [0.29, 0.717) is 18.6 Å². The number of carboxylic acid groups (broad SMARTS) is 1. The first-order chi connectivity index (χ1) is 19.6. The van der Waals surface area contributed by atoms with Crippen LogP contribution in [0, 0.1) is 11.3 Å². The Morgan fingerprint density at radius 3 is 2.14 bits per heavy atom. The number of aliphatic carboxylic acids is 1. The largest absolute Gasteiger partial charge is 0.497 e. The van der Waals surface area contributed by atoms with Crippen LogP contribution in [0.4, 0.5) is 13.2 Å². The molecule has 0 radical (unpaired) electrons. The SMILES string of the molecule is COc1cc(Cl)c(C(=O)CN(C(=O)c2cnn(C3CCC(C(=O)O)CC3)c2C(F)(F)F)C2CCC(C)(C)CC2)c(Cl)c1. The van der Waals surface area contributed by atoms with E-state index >= 15 is 0 Å². The summed E-state index contributed by atoms with van der Waals surface area (Å²) in [5.41, 5.74) is -1.89. The number of rotatable bonds is 8. The Morgan fingerprint density at radius 2 is 1.64 bits per heavy atom. The van der Waals surface area contributed by atoms with E-state index in [1.54, 1.807) is 0 Å². The lowest BCUT2D eigenvalue weighted by molar-refractivity contribution is -0.147. The molecule has 2 fully saturated rings.